The van der Waals surface area contributed by atoms with Crippen LogP contribution in [-0.2, 0) is 9.59 Å². The highest BCUT2D eigenvalue weighted by Crippen LogP contribution is 2.34. The van der Waals surface area contributed by atoms with Gasteiger partial charge in [0.25, 0.3) is 0 Å². The number of hydrogen-bond acceptors (Lipinski definition) is 3. The van der Waals surface area contributed by atoms with E-state index in [2.05, 4.69) is 11.8 Å². The summed E-state index contributed by atoms with van der Waals surface area (Å²) in [5, 5.41) is 0. The molecule has 3 heteroatoms. The lowest BCUT2D eigenvalue weighted by molar-refractivity contribution is -0.124. The van der Waals surface area contributed by atoms with Gasteiger partial charge in [0.2, 0.25) is 0 Å². The molecule has 1 aromatic rings. The third-order valence-corrected chi connectivity index (χ3v) is 4.96. The Morgan fingerprint density at radius 2 is 1.65 bits per heavy atom. The number of nitrogens with zero attached hydrogens (tertiary/aromatic N) is 1. The summed E-state index contributed by atoms with van der Waals surface area (Å²) in [4.78, 5) is 27.8. The first-order valence-corrected chi connectivity index (χ1v) is 8.80. The molecule has 2 fully saturated rings. The average Bonchev–Trinajstić information content (AvgIpc) is 3.08. The van der Waals surface area contributed by atoms with Crippen molar-refractivity contribution < 1.29 is 9.59 Å². The Balaban J connectivity index is 1.87. The zero-order chi connectivity index (χ0) is 16.2. The molecule has 1 aliphatic carbocycles. The normalized spacial score (nSPS) is 21.9. The van der Waals surface area contributed by atoms with Crippen molar-refractivity contribution in [2.45, 2.75) is 51.4 Å². The number of carbonyl (C=O) groups is 2. The zero-order valence-corrected chi connectivity index (χ0v) is 13.9. The predicted octanol–water partition coefficient (Wildman–Crippen LogP) is 3.85. The smallest absolute Gasteiger partial charge is 0.168 e. The van der Waals surface area contributed by atoms with E-state index in [9.17, 15) is 9.59 Å². The Kier molecular flexibility index (Phi) is 4.94. The molecule has 0 radical (unpaired) electrons. The van der Waals surface area contributed by atoms with Crippen molar-refractivity contribution in [2.75, 3.05) is 13.1 Å². The zero-order valence-electron chi connectivity index (χ0n) is 13.9. The van der Waals surface area contributed by atoms with Gasteiger partial charge in [0.1, 0.15) is 0 Å². The van der Waals surface area contributed by atoms with Crippen molar-refractivity contribution in [2.24, 2.45) is 0 Å². The van der Waals surface area contributed by atoms with E-state index < -0.39 is 0 Å². The van der Waals surface area contributed by atoms with Gasteiger partial charge in [-0.25, -0.2) is 0 Å². The molecule has 0 N–H and O–H groups in total. The molecule has 1 saturated carbocycles. The molecule has 1 aromatic carbocycles. The van der Waals surface area contributed by atoms with Crippen LogP contribution in [0.15, 0.2) is 41.6 Å². The van der Waals surface area contributed by atoms with Gasteiger partial charge < -0.3 is 4.90 Å². The molecule has 0 aromatic heterocycles. The monoisotopic (exact) mass is 311 g/mol. The van der Waals surface area contributed by atoms with Crippen LogP contribution in [0.1, 0.15) is 56.9 Å². The Hall–Kier alpha value is -1.90. The van der Waals surface area contributed by atoms with E-state index in [1.807, 2.05) is 30.3 Å². The van der Waals surface area contributed by atoms with Gasteiger partial charge in [-0.05, 0) is 30.7 Å². The minimum atomic E-state index is 0.0430. The van der Waals surface area contributed by atoms with Crippen LogP contribution in [-0.4, -0.2) is 29.6 Å². The second-order valence-electron chi connectivity index (χ2n) is 6.63. The number of ketones is 2. The second kappa shape index (κ2) is 7.12. The summed E-state index contributed by atoms with van der Waals surface area (Å²) in [6.45, 7) is 4.09. The average molecular weight is 311 g/mol. The van der Waals surface area contributed by atoms with E-state index in [4.69, 9.17) is 0 Å². The quantitative estimate of drug-likeness (QED) is 0.626. The summed E-state index contributed by atoms with van der Waals surface area (Å²) >= 11 is 0. The first-order chi connectivity index (χ1) is 11.2. The van der Waals surface area contributed by atoms with Crippen LogP contribution in [0.3, 0.4) is 0 Å². The topological polar surface area (TPSA) is 37.4 Å². The van der Waals surface area contributed by atoms with E-state index in [-0.39, 0.29) is 17.5 Å². The second-order valence-corrected chi connectivity index (χ2v) is 6.63. The third kappa shape index (κ3) is 3.39. The van der Waals surface area contributed by atoms with Crippen molar-refractivity contribution in [1.82, 2.24) is 4.90 Å². The Morgan fingerprint density at radius 1 is 1.04 bits per heavy atom. The van der Waals surface area contributed by atoms with E-state index in [0.29, 0.717) is 18.4 Å². The molecule has 0 atom stereocenters. The maximum atomic E-state index is 12.8. The van der Waals surface area contributed by atoms with Crippen LogP contribution in [0.5, 0.6) is 0 Å². The Morgan fingerprint density at radius 3 is 2.22 bits per heavy atom. The number of allylic oxidation sites excluding steroid dienone is 2. The van der Waals surface area contributed by atoms with Gasteiger partial charge in [0.05, 0.1) is 5.57 Å². The van der Waals surface area contributed by atoms with Crippen molar-refractivity contribution in [3.05, 3.63) is 47.2 Å². The van der Waals surface area contributed by atoms with Crippen LogP contribution >= 0.6 is 0 Å². The molecule has 1 heterocycles. The van der Waals surface area contributed by atoms with Crippen LogP contribution in [0.4, 0.5) is 0 Å². The lowest BCUT2D eigenvalue weighted by Crippen LogP contribution is -2.31. The molecule has 0 spiro atoms. The van der Waals surface area contributed by atoms with E-state index in [0.717, 1.165) is 50.0 Å². The predicted molar refractivity (Wildman–Crippen MR) is 91.2 cm³/mol. The fourth-order valence-electron chi connectivity index (χ4n) is 3.83. The summed E-state index contributed by atoms with van der Waals surface area (Å²) in [6, 6.07) is 9.96. The first kappa shape index (κ1) is 16.0. The summed E-state index contributed by atoms with van der Waals surface area (Å²) in [7, 11) is 0. The maximum Gasteiger partial charge on any atom is 0.168 e. The summed E-state index contributed by atoms with van der Waals surface area (Å²) in [5.41, 5.74) is 2.64. The van der Waals surface area contributed by atoms with E-state index in [1.165, 1.54) is 0 Å². The van der Waals surface area contributed by atoms with Crippen molar-refractivity contribution in [3.63, 3.8) is 0 Å². The molecule has 0 amide bonds. The highest BCUT2D eigenvalue weighted by Gasteiger charge is 2.34. The lowest BCUT2D eigenvalue weighted by Gasteiger charge is -2.28. The van der Waals surface area contributed by atoms with E-state index >= 15 is 0 Å². The van der Waals surface area contributed by atoms with Gasteiger partial charge >= 0.3 is 0 Å². The molecule has 3 nitrogen and oxygen atoms in total. The Bertz CT molecular complexity index is 592. The molecule has 2 aliphatic rings. The van der Waals surface area contributed by atoms with Gasteiger partial charge in [0, 0.05) is 31.6 Å². The van der Waals surface area contributed by atoms with Crippen LogP contribution in [0.2, 0.25) is 0 Å². The molecule has 0 bridgehead atoms. The lowest BCUT2D eigenvalue weighted by atomic mass is 9.79. The first-order valence-electron chi connectivity index (χ1n) is 8.80. The van der Waals surface area contributed by atoms with Gasteiger partial charge in [-0.15, -0.1) is 0 Å². The Labute approximate surface area is 138 Å². The SMILES string of the molecule is CCCC(=C1C(=O)CC(c2ccccc2)CC1=O)N1CCCC1. The molecule has 122 valence electrons. The number of likely N-dealkylation sites (tertiary alicyclic amines) is 1. The summed E-state index contributed by atoms with van der Waals surface area (Å²) in [5.74, 6) is 0.136. The largest absolute Gasteiger partial charge is 0.374 e. The minimum Gasteiger partial charge on any atom is -0.374 e. The molecule has 3 rings (SSSR count). The van der Waals surface area contributed by atoms with Crippen molar-refractivity contribution in [3.8, 4) is 0 Å². The molecule has 1 saturated heterocycles. The molecule has 0 unspecified atom stereocenters. The van der Waals surface area contributed by atoms with Gasteiger partial charge in [-0.1, -0.05) is 43.7 Å². The summed E-state index contributed by atoms with van der Waals surface area (Å²) < 4.78 is 0. The van der Waals surface area contributed by atoms with Gasteiger partial charge in [-0.2, -0.15) is 0 Å². The standard InChI is InChI=1S/C20H25NO2/c1-2-8-17(21-11-6-7-12-21)20-18(22)13-16(14-19(20)23)15-9-4-3-5-10-15/h3-5,9-10,16H,2,6-8,11-14H2,1H3. The number of rotatable bonds is 4. The van der Waals surface area contributed by atoms with Crippen molar-refractivity contribution in [1.29, 1.82) is 0 Å². The fourth-order valence-corrected chi connectivity index (χ4v) is 3.83. The number of carbonyl (C=O) groups excluding carboxylic acids is 2. The third-order valence-electron chi connectivity index (χ3n) is 4.96. The number of Topliss-reactive ketones (excluding diaryl/α,β-unsaturated/α-hetero) is 2. The van der Waals surface area contributed by atoms with Crippen LogP contribution in [0.25, 0.3) is 0 Å². The molecular weight excluding hydrogens is 286 g/mol. The van der Waals surface area contributed by atoms with Crippen LogP contribution in [0, 0.1) is 0 Å². The maximum absolute atomic E-state index is 12.8. The van der Waals surface area contributed by atoms with Gasteiger partial charge in [-0.3, -0.25) is 9.59 Å². The number of benzene rings is 1. The highest BCUT2D eigenvalue weighted by molar-refractivity contribution is 6.22. The minimum absolute atomic E-state index is 0.0430. The summed E-state index contributed by atoms with van der Waals surface area (Å²) in [6.07, 6.45) is 5.06. The number of hydrogen-bond donors (Lipinski definition) is 0. The van der Waals surface area contributed by atoms with Gasteiger partial charge in [0.15, 0.2) is 11.6 Å². The van der Waals surface area contributed by atoms with E-state index in [1.54, 1.807) is 0 Å². The molecule has 1 aliphatic heterocycles. The van der Waals surface area contributed by atoms with Crippen LogP contribution < -0.4 is 0 Å². The molecular formula is C20H25NO2. The molecule has 23 heavy (non-hydrogen) atoms. The van der Waals surface area contributed by atoms with Crippen molar-refractivity contribution >= 4 is 11.6 Å². The fraction of sp³-hybridized carbons (Fsp3) is 0.500. The highest BCUT2D eigenvalue weighted by atomic mass is 16.1.